The summed E-state index contributed by atoms with van der Waals surface area (Å²) in [4.78, 5) is 0. The Labute approximate surface area is 260 Å². The van der Waals surface area contributed by atoms with Crippen LogP contribution in [0.15, 0.2) is 157 Å². The molecule has 9 rings (SSSR count). The zero-order valence-electron chi connectivity index (χ0n) is 24.5. The van der Waals surface area contributed by atoms with Crippen LogP contribution in [0.3, 0.4) is 0 Å². The molecule has 3 aromatic heterocycles. The van der Waals surface area contributed by atoms with E-state index in [1.54, 1.807) is 6.08 Å². The lowest BCUT2D eigenvalue weighted by Crippen LogP contribution is -1.90. The van der Waals surface area contributed by atoms with Crippen LogP contribution in [0.1, 0.15) is 5.56 Å². The molecule has 0 aliphatic rings. The summed E-state index contributed by atoms with van der Waals surface area (Å²) >= 11 is 0. The van der Waals surface area contributed by atoms with Gasteiger partial charge in [-0.15, -0.1) is 0 Å². The highest BCUT2D eigenvalue weighted by atomic mass is 16.3. The summed E-state index contributed by atoms with van der Waals surface area (Å²) in [6.07, 6.45) is 5.59. The monoisotopic (exact) mass is 576 g/mol. The predicted molar refractivity (Wildman–Crippen MR) is 192 cm³/mol. The number of hydrogen-bond donors (Lipinski definition) is 1. The molecule has 0 fully saturated rings. The van der Waals surface area contributed by atoms with Crippen LogP contribution in [0.25, 0.3) is 76.7 Å². The first kappa shape index (κ1) is 25.4. The minimum Gasteiger partial charge on any atom is -0.456 e. The van der Waals surface area contributed by atoms with Crippen LogP contribution in [-0.2, 0) is 0 Å². The van der Waals surface area contributed by atoms with Crippen molar-refractivity contribution in [2.45, 2.75) is 0 Å². The van der Waals surface area contributed by atoms with Crippen molar-refractivity contribution in [3.05, 3.63) is 158 Å². The number of nitrogens with zero attached hydrogens (tertiary/aromatic N) is 1. The molecule has 0 saturated carbocycles. The fraction of sp³-hybridized carbons (Fsp3) is 0. The lowest BCUT2D eigenvalue weighted by molar-refractivity contribution is 0.669. The molecule has 0 bridgehead atoms. The number of allylic oxidation sites excluding steroid dienone is 4. The molecule has 3 heteroatoms. The maximum absolute atomic E-state index is 6.29. The second-order valence-electron chi connectivity index (χ2n) is 11.6. The Bertz CT molecular complexity index is 2560. The Balaban J connectivity index is 1.16. The van der Waals surface area contributed by atoms with Crippen molar-refractivity contribution in [2.24, 2.45) is 0 Å². The van der Waals surface area contributed by atoms with Crippen molar-refractivity contribution in [2.75, 3.05) is 5.32 Å². The van der Waals surface area contributed by atoms with Gasteiger partial charge in [-0.1, -0.05) is 86.0 Å². The first-order valence-corrected chi connectivity index (χ1v) is 15.2. The highest BCUT2D eigenvalue weighted by Crippen LogP contribution is 2.42. The van der Waals surface area contributed by atoms with Crippen LogP contribution in [0.2, 0.25) is 0 Å². The van der Waals surface area contributed by atoms with Crippen molar-refractivity contribution < 1.29 is 4.42 Å². The molecule has 0 atom stereocenters. The highest BCUT2D eigenvalue weighted by molar-refractivity contribution is 6.24. The molecule has 0 aliphatic heterocycles. The van der Waals surface area contributed by atoms with Crippen LogP contribution in [-0.4, -0.2) is 4.40 Å². The minimum absolute atomic E-state index is 0.874. The van der Waals surface area contributed by atoms with Crippen molar-refractivity contribution >= 4 is 77.0 Å². The number of aromatic nitrogens is 1. The second kappa shape index (κ2) is 9.73. The van der Waals surface area contributed by atoms with E-state index in [0.29, 0.717) is 0 Å². The lowest BCUT2D eigenvalue weighted by atomic mass is 9.98. The molecule has 6 aromatic carbocycles. The number of anilines is 2. The summed E-state index contributed by atoms with van der Waals surface area (Å²) in [5.41, 5.74) is 12.1. The van der Waals surface area contributed by atoms with Crippen molar-refractivity contribution in [1.29, 1.82) is 0 Å². The fourth-order valence-corrected chi connectivity index (χ4v) is 6.97. The summed E-state index contributed by atoms with van der Waals surface area (Å²) in [5.74, 6) is 0. The number of nitrogens with one attached hydrogen (secondary N) is 1. The lowest BCUT2D eigenvalue weighted by Gasteiger charge is -2.08. The zero-order chi connectivity index (χ0) is 30.1. The van der Waals surface area contributed by atoms with Gasteiger partial charge in [0.05, 0.1) is 16.6 Å². The van der Waals surface area contributed by atoms with E-state index < -0.39 is 0 Å². The van der Waals surface area contributed by atoms with E-state index in [1.165, 1.54) is 49.2 Å². The molecule has 3 nitrogen and oxygen atoms in total. The average molecular weight is 577 g/mol. The van der Waals surface area contributed by atoms with E-state index in [1.807, 2.05) is 18.2 Å². The Morgan fingerprint density at radius 3 is 1.84 bits per heavy atom. The van der Waals surface area contributed by atoms with Gasteiger partial charge in [0.2, 0.25) is 0 Å². The van der Waals surface area contributed by atoms with E-state index in [2.05, 4.69) is 138 Å². The predicted octanol–water partition coefficient (Wildman–Crippen LogP) is 11.9. The van der Waals surface area contributed by atoms with Crippen molar-refractivity contribution in [3.63, 3.8) is 0 Å². The molecule has 45 heavy (non-hydrogen) atoms. The molecular formula is C42H28N2O. The van der Waals surface area contributed by atoms with E-state index in [0.717, 1.165) is 44.4 Å². The molecule has 0 unspecified atom stereocenters. The van der Waals surface area contributed by atoms with Crippen LogP contribution in [0, 0.1) is 0 Å². The summed E-state index contributed by atoms with van der Waals surface area (Å²) in [7, 11) is 0. The van der Waals surface area contributed by atoms with Gasteiger partial charge in [-0.05, 0) is 89.0 Å². The average Bonchev–Trinajstić information content (AvgIpc) is 3.74. The fourth-order valence-electron chi connectivity index (χ4n) is 6.97. The SMILES string of the molecule is C=C/C=C(\C=C)c1ccc(Nc2ccc3oc4ccc(-c5cc6c7ccccc7n7c8ccccc8c(c5)c67)cc4c3c2)cc1. The third-order valence-electron chi connectivity index (χ3n) is 9.03. The largest absolute Gasteiger partial charge is 0.456 e. The Morgan fingerprint density at radius 1 is 0.578 bits per heavy atom. The van der Waals surface area contributed by atoms with Crippen LogP contribution >= 0.6 is 0 Å². The highest BCUT2D eigenvalue weighted by Gasteiger charge is 2.19. The van der Waals surface area contributed by atoms with Crippen LogP contribution in [0.5, 0.6) is 0 Å². The maximum Gasteiger partial charge on any atom is 0.135 e. The van der Waals surface area contributed by atoms with Gasteiger partial charge >= 0.3 is 0 Å². The van der Waals surface area contributed by atoms with Gasteiger partial charge in [0, 0.05) is 43.7 Å². The molecule has 1 N–H and O–H groups in total. The molecule has 0 saturated heterocycles. The Hall–Kier alpha value is -6.06. The van der Waals surface area contributed by atoms with Gasteiger partial charge in [-0.3, -0.25) is 0 Å². The van der Waals surface area contributed by atoms with E-state index in [-0.39, 0.29) is 0 Å². The number of rotatable bonds is 6. The molecule has 9 aromatic rings. The molecule has 212 valence electrons. The van der Waals surface area contributed by atoms with E-state index in [4.69, 9.17) is 4.42 Å². The first-order valence-electron chi connectivity index (χ1n) is 15.2. The Morgan fingerprint density at radius 2 is 1.18 bits per heavy atom. The van der Waals surface area contributed by atoms with Gasteiger partial charge in [0.25, 0.3) is 0 Å². The van der Waals surface area contributed by atoms with Gasteiger partial charge in [-0.25, -0.2) is 0 Å². The molecule has 0 amide bonds. The van der Waals surface area contributed by atoms with Gasteiger partial charge < -0.3 is 14.1 Å². The zero-order valence-corrected chi connectivity index (χ0v) is 24.5. The van der Waals surface area contributed by atoms with E-state index >= 15 is 0 Å². The van der Waals surface area contributed by atoms with Gasteiger partial charge in [0.1, 0.15) is 11.2 Å². The smallest absolute Gasteiger partial charge is 0.135 e. The number of hydrogen-bond acceptors (Lipinski definition) is 2. The summed E-state index contributed by atoms with van der Waals surface area (Å²) in [5, 5.41) is 10.9. The standard InChI is InChI=1S/C42H28N2O/c1-3-9-26(4-2)27-14-17-30(18-15-27)43-31-19-21-41-35(25-31)34-22-28(16-20-40(34)45-41)29-23-36-32-10-5-7-12-38(32)44-39-13-8-6-11-33(39)37(24-29)42(36)44/h3-25,43H,1-2H2/b26-9+. The van der Waals surface area contributed by atoms with Crippen molar-refractivity contribution in [1.82, 2.24) is 4.40 Å². The number of para-hydroxylation sites is 2. The molecule has 0 radical (unpaired) electrons. The van der Waals surface area contributed by atoms with E-state index in [9.17, 15) is 0 Å². The summed E-state index contributed by atoms with van der Waals surface area (Å²) in [6, 6.07) is 43.4. The molecule has 3 heterocycles. The Kier molecular flexibility index (Phi) is 5.50. The second-order valence-corrected chi connectivity index (χ2v) is 11.6. The first-order chi connectivity index (χ1) is 22.2. The summed E-state index contributed by atoms with van der Waals surface area (Å²) < 4.78 is 8.71. The van der Waals surface area contributed by atoms with Crippen LogP contribution < -0.4 is 5.32 Å². The number of fused-ring (bicyclic) bond motifs is 9. The molecular weight excluding hydrogens is 548 g/mol. The topological polar surface area (TPSA) is 29.6 Å². The third-order valence-corrected chi connectivity index (χ3v) is 9.03. The normalized spacial score (nSPS) is 12.3. The quantitative estimate of drug-likeness (QED) is 0.200. The van der Waals surface area contributed by atoms with Gasteiger partial charge in [-0.2, -0.15) is 0 Å². The summed E-state index contributed by atoms with van der Waals surface area (Å²) in [6.45, 7) is 7.73. The van der Waals surface area contributed by atoms with Crippen molar-refractivity contribution in [3.8, 4) is 11.1 Å². The third kappa shape index (κ3) is 3.84. The number of benzene rings is 6. The molecule has 0 aliphatic carbocycles. The minimum atomic E-state index is 0.874. The number of furan rings is 1. The van der Waals surface area contributed by atoms with Crippen LogP contribution in [0.4, 0.5) is 11.4 Å². The molecule has 0 spiro atoms. The van der Waals surface area contributed by atoms with Gasteiger partial charge in [0.15, 0.2) is 0 Å². The maximum atomic E-state index is 6.29.